The first-order valence-corrected chi connectivity index (χ1v) is 7.38. The smallest absolute Gasteiger partial charge is 0.146 e. The average Bonchev–Trinajstić information content (AvgIpc) is 2.86. The van der Waals surface area contributed by atoms with Crippen LogP contribution < -0.4 is 0 Å². The Kier molecular flexibility index (Phi) is 3.48. The highest BCUT2D eigenvalue weighted by molar-refractivity contribution is 9.10. The van der Waals surface area contributed by atoms with E-state index in [1.54, 1.807) is 6.08 Å². The minimum absolute atomic E-state index is 0.534. The first-order chi connectivity index (χ1) is 9.60. The zero-order valence-corrected chi connectivity index (χ0v) is 13.1. The van der Waals surface area contributed by atoms with Gasteiger partial charge in [0, 0.05) is 16.5 Å². The molecule has 100 valence electrons. The Morgan fingerprint density at radius 1 is 1.35 bits per heavy atom. The van der Waals surface area contributed by atoms with Gasteiger partial charge in [0.25, 0.3) is 0 Å². The van der Waals surface area contributed by atoms with Gasteiger partial charge in [0.1, 0.15) is 6.29 Å². The van der Waals surface area contributed by atoms with Gasteiger partial charge in [-0.15, -0.1) is 0 Å². The number of halogens is 2. The molecule has 20 heavy (non-hydrogen) atoms. The average molecular weight is 349 g/mol. The Bertz CT molecular complexity index is 741. The summed E-state index contributed by atoms with van der Waals surface area (Å²) in [5, 5.41) is 0.534. The van der Waals surface area contributed by atoms with E-state index in [-0.39, 0.29) is 0 Å². The maximum atomic E-state index is 10.9. The molecule has 0 atom stereocenters. The molecule has 3 rings (SSSR count). The van der Waals surface area contributed by atoms with Gasteiger partial charge < -0.3 is 0 Å². The predicted molar refractivity (Wildman–Crippen MR) is 85.1 cm³/mol. The van der Waals surface area contributed by atoms with Crippen molar-refractivity contribution in [1.82, 2.24) is 0 Å². The molecule has 0 amide bonds. The van der Waals surface area contributed by atoms with Gasteiger partial charge in [0.05, 0.1) is 16.4 Å². The number of aliphatic imine (C=N–C) groups is 1. The largest absolute Gasteiger partial charge is 0.298 e. The first-order valence-electron chi connectivity index (χ1n) is 6.21. The minimum atomic E-state index is 0.534. The molecule has 1 aliphatic carbocycles. The lowest BCUT2D eigenvalue weighted by Crippen LogP contribution is -1.98. The number of fused-ring (bicyclic) bond motifs is 1. The van der Waals surface area contributed by atoms with Crippen LogP contribution in [0.3, 0.4) is 0 Å². The van der Waals surface area contributed by atoms with Crippen LogP contribution in [0.5, 0.6) is 0 Å². The van der Waals surface area contributed by atoms with E-state index < -0.39 is 0 Å². The van der Waals surface area contributed by atoms with Crippen molar-refractivity contribution in [2.24, 2.45) is 4.99 Å². The summed E-state index contributed by atoms with van der Waals surface area (Å²) < 4.78 is 1.05. The van der Waals surface area contributed by atoms with Crippen LogP contribution in [0, 0.1) is 6.92 Å². The maximum absolute atomic E-state index is 10.9. The third kappa shape index (κ3) is 2.21. The molecule has 0 bridgehead atoms. The van der Waals surface area contributed by atoms with E-state index in [1.165, 1.54) is 0 Å². The van der Waals surface area contributed by atoms with Crippen molar-refractivity contribution < 1.29 is 4.79 Å². The Labute approximate surface area is 130 Å². The van der Waals surface area contributed by atoms with E-state index in [2.05, 4.69) is 20.9 Å². The summed E-state index contributed by atoms with van der Waals surface area (Å²) in [5.41, 5.74) is 5.59. The number of nitrogens with zero attached hydrogens (tertiary/aromatic N) is 1. The molecule has 4 heteroatoms. The van der Waals surface area contributed by atoms with Crippen molar-refractivity contribution in [1.29, 1.82) is 0 Å². The molecule has 0 saturated heterocycles. The van der Waals surface area contributed by atoms with Crippen LogP contribution in [0.15, 0.2) is 61.7 Å². The molecule has 0 radical (unpaired) electrons. The molecular formula is C16H11BrClNO. The number of carbonyl (C=O) groups is 1. The molecule has 2 nitrogen and oxygen atoms in total. The van der Waals surface area contributed by atoms with Gasteiger partial charge in [-0.3, -0.25) is 4.79 Å². The van der Waals surface area contributed by atoms with Crippen molar-refractivity contribution in [2.45, 2.75) is 13.3 Å². The van der Waals surface area contributed by atoms with Crippen LogP contribution in [0.4, 0.5) is 0 Å². The number of allylic oxidation sites excluding steroid dienone is 5. The highest BCUT2D eigenvalue weighted by Gasteiger charge is 2.23. The molecule has 0 fully saturated rings. The third-order valence-corrected chi connectivity index (χ3v) is 4.62. The summed E-state index contributed by atoms with van der Waals surface area (Å²) in [4.78, 5) is 15.5. The Hall–Kier alpha value is -1.45. The number of aldehydes is 1. The lowest BCUT2D eigenvalue weighted by atomic mass is 9.97. The molecule has 0 aromatic heterocycles. The van der Waals surface area contributed by atoms with Gasteiger partial charge >= 0.3 is 0 Å². The normalized spacial score (nSPS) is 17.4. The standard InChI is InChI=1S/C16H11BrClNO/c1-9-12(3-2-4-13(9)17)15-7-11-5-10(8-20)6-14(18)16(11)19-15/h2-4,6-8H,5H2,1H3. The molecule has 0 saturated carbocycles. The van der Waals surface area contributed by atoms with E-state index in [9.17, 15) is 4.79 Å². The minimum Gasteiger partial charge on any atom is -0.298 e. The van der Waals surface area contributed by atoms with E-state index in [4.69, 9.17) is 11.6 Å². The first kappa shape index (κ1) is 13.5. The van der Waals surface area contributed by atoms with E-state index in [1.807, 2.05) is 31.2 Å². The fourth-order valence-corrected chi connectivity index (χ4v) is 3.07. The van der Waals surface area contributed by atoms with Crippen molar-refractivity contribution in [2.75, 3.05) is 0 Å². The van der Waals surface area contributed by atoms with Crippen LogP contribution in [0.25, 0.3) is 0 Å². The Morgan fingerprint density at radius 3 is 2.90 bits per heavy atom. The van der Waals surface area contributed by atoms with Gasteiger partial charge in [-0.25, -0.2) is 4.99 Å². The van der Waals surface area contributed by atoms with E-state index in [0.717, 1.165) is 38.9 Å². The zero-order chi connectivity index (χ0) is 14.3. The van der Waals surface area contributed by atoms with Crippen molar-refractivity contribution >= 4 is 39.5 Å². The lowest BCUT2D eigenvalue weighted by molar-refractivity contribution is -0.105. The van der Waals surface area contributed by atoms with Crippen LogP contribution in [-0.2, 0) is 4.79 Å². The lowest BCUT2D eigenvalue weighted by Gasteiger charge is -2.10. The number of carbonyl (C=O) groups excluding carboxylic acids is 1. The molecule has 1 aromatic rings. The zero-order valence-electron chi connectivity index (χ0n) is 10.8. The van der Waals surface area contributed by atoms with Crippen LogP contribution >= 0.6 is 27.5 Å². The highest BCUT2D eigenvalue weighted by atomic mass is 79.9. The molecule has 1 aliphatic heterocycles. The number of rotatable bonds is 2. The monoisotopic (exact) mass is 347 g/mol. The number of hydrogen-bond acceptors (Lipinski definition) is 2. The summed E-state index contributed by atoms with van der Waals surface area (Å²) in [6, 6.07) is 6.03. The fourth-order valence-electron chi connectivity index (χ4n) is 2.40. The summed E-state index contributed by atoms with van der Waals surface area (Å²) >= 11 is 9.73. The molecule has 0 N–H and O–H groups in total. The highest BCUT2D eigenvalue weighted by Crippen LogP contribution is 2.36. The Balaban J connectivity index is 2.08. The molecule has 0 unspecified atom stereocenters. The molecule has 1 aromatic carbocycles. The van der Waals surface area contributed by atoms with Crippen LogP contribution in [0.2, 0.25) is 0 Å². The second kappa shape index (κ2) is 5.15. The molecule has 2 aliphatic rings. The second-order valence-corrected chi connectivity index (χ2v) is 6.05. The number of benzene rings is 1. The van der Waals surface area contributed by atoms with Crippen LogP contribution in [-0.4, -0.2) is 12.0 Å². The number of hydrogen-bond donors (Lipinski definition) is 0. The quantitative estimate of drug-likeness (QED) is 0.725. The van der Waals surface area contributed by atoms with Gasteiger partial charge in [0.15, 0.2) is 0 Å². The topological polar surface area (TPSA) is 29.4 Å². The third-order valence-electron chi connectivity index (χ3n) is 3.48. The summed E-state index contributed by atoms with van der Waals surface area (Å²) in [6.07, 6.45) is 5.15. The van der Waals surface area contributed by atoms with Gasteiger partial charge in [-0.05, 0) is 41.9 Å². The van der Waals surface area contributed by atoms with Gasteiger partial charge in [-0.1, -0.05) is 39.7 Å². The Morgan fingerprint density at radius 2 is 2.15 bits per heavy atom. The van der Waals surface area contributed by atoms with Crippen LogP contribution in [0.1, 0.15) is 17.5 Å². The van der Waals surface area contributed by atoms with Gasteiger partial charge in [-0.2, -0.15) is 0 Å². The van der Waals surface area contributed by atoms with E-state index in [0.29, 0.717) is 17.0 Å². The predicted octanol–water partition coefficient (Wildman–Crippen LogP) is 4.47. The summed E-state index contributed by atoms with van der Waals surface area (Å²) in [6.45, 7) is 2.05. The molecule has 0 spiro atoms. The van der Waals surface area contributed by atoms with Gasteiger partial charge in [0.2, 0.25) is 0 Å². The summed E-state index contributed by atoms with van der Waals surface area (Å²) in [5.74, 6) is 0. The molecule has 1 heterocycles. The molecular weight excluding hydrogens is 338 g/mol. The van der Waals surface area contributed by atoms with E-state index >= 15 is 0 Å². The van der Waals surface area contributed by atoms with Crippen molar-refractivity contribution in [3.63, 3.8) is 0 Å². The fraction of sp³-hybridized carbons (Fsp3) is 0.125. The summed E-state index contributed by atoms with van der Waals surface area (Å²) in [7, 11) is 0. The second-order valence-electron chi connectivity index (χ2n) is 4.79. The van der Waals surface area contributed by atoms with Crippen molar-refractivity contribution in [3.05, 3.63) is 67.8 Å². The SMILES string of the molecule is Cc1c(Br)cccc1C1=NC2=C(Cl)C=C(C=O)CC2=C1. The van der Waals surface area contributed by atoms with Crippen molar-refractivity contribution in [3.8, 4) is 0 Å². The maximum Gasteiger partial charge on any atom is 0.146 e.